The van der Waals surface area contributed by atoms with Gasteiger partial charge in [-0.05, 0) is 124 Å². The molecule has 5 heteroatoms. The van der Waals surface area contributed by atoms with Crippen LogP contribution in [0.5, 0.6) is 5.75 Å². The molecule has 0 aliphatic carbocycles. The molecule has 0 atom stereocenters. The Morgan fingerprint density at radius 3 is 1.84 bits per heavy atom. The number of aromatic hydroxyl groups is 1. The average Bonchev–Trinajstić information content (AvgIpc) is 3.58. The monoisotopic (exact) mass is 928 g/mol. The van der Waals surface area contributed by atoms with Crippen LogP contribution < -0.4 is 0 Å². The Morgan fingerprint density at radius 1 is 0.579 bits per heavy atom. The van der Waals surface area contributed by atoms with Gasteiger partial charge in [0, 0.05) is 32.8 Å². The minimum absolute atomic E-state index is 0. The zero-order valence-corrected chi connectivity index (χ0v) is 36.7. The summed E-state index contributed by atoms with van der Waals surface area (Å²) in [6, 6.07) is 40.0. The van der Waals surface area contributed by atoms with Gasteiger partial charge in [0.15, 0.2) is 0 Å². The number of pyridine rings is 1. The molecule has 0 saturated heterocycles. The first kappa shape index (κ1) is 39.9. The predicted molar refractivity (Wildman–Crippen MR) is 233 cm³/mol. The van der Waals surface area contributed by atoms with E-state index < -0.39 is 0 Å². The fourth-order valence-corrected chi connectivity index (χ4v) is 8.01. The van der Waals surface area contributed by atoms with Gasteiger partial charge in [-0.1, -0.05) is 113 Å². The third-order valence-corrected chi connectivity index (χ3v) is 11.1. The summed E-state index contributed by atoms with van der Waals surface area (Å²) in [5.74, 6) is 0.509. The largest absolute Gasteiger partial charge is 0.507 e. The van der Waals surface area contributed by atoms with Crippen LogP contribution in [-0.4, -0.2) is 15.1 Å². The first-order valence-corrected chi connectivity index (χ1v) is 19.5. The topological polar surface area (TPSA) is 59.2 Å². The zero-order valence-electron chi connectivity index (χ0n) is 34.5. The molecular weight excluding hydrogens is 880 g/mol. The van der Waals surface area contributed by atoms with E-state index in [4.69, 9.17) is 14.4 Å². The molecule has 4 nitrogen and oxygen atoms in total. The molecule has 2 heterocycles. The second-order valence-corrected chi connectivity index (χ2v) is 17.5. The van der Waals surface area contributed by atoms with E-state index >= 15 is 0 Å². The van der Waals surface area contributed by atoms with Gasteiger partial charge in [0.25, 0.3) is 0 Å². The van der Waals surface area contributed by atoms with Crippen LogP contribution in [-0.2, 0) is 31.9 Å². The molecule has 0 aliphatic heterocycles. The standard InChI is InChI=1S/C52H49N2O2.Pt/c1-30-22-32(3)47(33(4)23-30)38-26-41-31(2)20-21-53-48(41)42(27-38)35-12-11-13-36(24-35)43-25-37(34-14-16-39(17-15-34)51(5,6)7)28-46-49(43)54-50(56-46)44-29-40(52(8,9)10)18-19-45(44)55;/h11-23,25-29,55H,1-10H3;/q-1;. The van der Waals surface area contributed by atoms with Gasteiger partial charge in [-0.2, -0.15) is 0 Å². The summed E-state index contributed by atoms with van der Waals surface area (Å²) >= 11 is 0. The number of fused-ring (bicyclic) bond motifs is 2. The van der Waals surface area contributed by atoms with Gasteiger partial charge in [0.05, 0.1) is 11.1 Å². The maximum Gasteiger partial charge on any atom is 0.230 e. The number of benzene rings is 6. The second kappa shape index (κ2) is 14.9. The molecule has 57 heavy (non-hydrogen) atoms. The summed E-state index contributed by atoms with van der Waals surface area (Å²) in [5.41, 5.74) is 18.4. The maximum absolute atomic E-state index is 11.1. The maximum atomic E-state index is 11.1. The van der Waals surface area contributed by atoms with Crippen LogP contribution in [0, 0.1) is 33.8 Å². The van der Waals surface area contributed by atoms with Crippen molar-refractivity contribution in [2.75, 3.05) is 0 Å². The van der Waals surface area contributed by atoms with Crippen LogP contribution in [0.1, 0.15) is 74.9 Å². The van der Waals surface area contributed by atoms with E-state index in [9.17, 15) is 5.11 Å². The average molecular weight is 929 g/mol. The first-order valence-electron chi connectivity index (χ1n) is 19.5. The van der Waals surface area contributed by atoms with E-state index in [0.29, 0.717) is 22.6 Å². The van der Waals surface area contributed by atoms with Gasteiger partial charge in [-0.3, -0.25) is 4.98 Å². The molecule has 0 radical (unpaired) electrons. The van der Waals surface area contributed by atoms with E-state index in [0.717, 1.165) is 49.8 Å². The van der Waals surface area contributed by atoms with Crippen LogP contribution in [0.25, 0.3) is 78.0 Å². The molecule has 1 N–H and O–H groups in total. The van der Waals surface area contributed by atoms with E-state index in [2.05, 4.69) is 160 Å². The van der Waals surface area contributed by atoms with Crippen LogP contribution >= 0.6 is 0 Å². The minimum Gasteiger partial charge on any atom is -0.507 e. The zero-order chi connectivity index (χ0) is 39.7. The second-order valence-electron chi connectivity index (χ2n) is 17.5. The number of oxazole rings is 1. The van der Waals surface area contributed by atoms with Crippen molar-refractivity contribution in [2.45, 2.75) is 80.1 Å². The van der Waals surface area contributed by atoms with Crippen molar-refractivity contribution in [1.82, 2.24) is 9.97 Å². The van der Waals surface area contributed by atoms with Gasteiger partial charge in [0.2, 0.25) is 5.89 Å². The molecule has 0 amide bonds. The number of aromatic nitrogens is 2. The van der Waals surface area contributed by atoms with E-state index in [-0.39, 0.29) is 37.6 Å². The van der Waals surface area contributed by atoms with Crippen LogP contribution in [0.3, 0.4) is 0 Å². The van der Waals surface area contributed by atoms with Crippen molar-refractivity contribution in [3.8, 4) is 61.7 Å². The predicted octanol–water partition coefficient (Wildman–Crippen LogP) is 14.0. The van der Waals surface area contributed by atoms with Crippen LogP contribution in [0.15, 0.2) is 114 Å². The van der Waals surface area contributed by atoms with E-state index in [1.165, 1.54) is 38.9 Å². The van der Waals surface area contributed by atoms with Crippen molar-refractivity contribution in [2.24, 2.45) is 0 Å². The summed E-state index contributed by atoms with van der Waals surface area (Å²) in [7, 11) is 0. The molecule has 0 unspecified atom stereocenters. The van der Waals surface area contributed by atoms with Gasteiger partial charge >= 0.3 is 0 Å². The van der Waals surface area contributed by atoms with E-state index in [1.54, 1.807) is 6.07 Å². The van der Waals surface area contributed by atoms with E-state index in [1.807, 2.05) is 18.3 Å². The number of phenols is 1. The van der Waals surface area contributed by atoms with Gasteiger partial charge in [-0.15, -0.1) is 35.4 Å². The molecule has 8 rings (SSSR count). The molecule has 2 aromatic heterocycles. The summed E-state index contributed by atoms with van der Waals surface area (Å²) in [5, 5.41) is 12.2. The fourth-order valence-electron chi connectivity index (χ4n) is 8.01. The molecule has 8 aromatic rings. The molecular formula is C52H49N2O2Pt-. The Bertz CT molecular complexity index is 2790. The van der Waals surface area contributed by atoms with Crippen molar-refractivity contribution < 1.29 is 30.6 Å². The summed E-state index contributed by atoms with van der Waals surface area (Å²) < 4.78 is 6.59. The van der Waals surface area contributed by atoms with Gasteiger partial charge in [-0.25, -0.2) is 4.98 Å². The smallest absolute Gasteiger partial charge is 0.230 e. The van der Waals surface area contributed by atoms with Crippen molar-refractivity contribution in [1.29, 1.82) is 0 Å². The first-order chi connectivity index (χ1) is 26.5. The number of hydrogen-bond donors (Lipinski definition) is 1. The molecule has 0 spiro atoms. The fraction of sp³-hybridized carbons (Fsp3) is 0.231. The Morgan fingerprint density at radius 2 is 1.19 bits per heavy atom. The number of phenolic OH excluding ortho intramolecular Hbond substituents is 1. The Kier molecular flexibility index (Phi) is 10.4. The summed E-state index contributed by atoms with van der Waals surface area (Å²) in [4.78, 5) is 10.1. The Hall–Kier alpha value is -5.31. The van der Waals surface area contributed by atoms with Crippen molar-refractivity contribution in [3.05, 3.63) is 149 Å². The van der Waals surface area contributed by atoms with Crippen LogP contribution in [0.4, 0.5) is 0 Å². The van der Waals surface area contributed by atoms with Gasteiger partial charge in [0.1, 0.15) is 11.3 Å². The SMILES string of the molecule is Cc1cc(C)c(-c2cc(-c3[c-]c(-c4cc(-c5ccc(C(C)(C)C)cc5)cc5oc(-c6cc(C(C)(C)C)ccc6O)nc45)ccc3)c3nccc(C)c3c2)c(C)c1.[Pt]. The molecule has 0 aliphatic rings. The molecule has 6 aromatic carbocycles. The summed E-state index contributed by atoms with van der Waals surface area (Å²) in [6.07, 6.45) is 1.89. The third-order valence-electron chi connectivity index (χ3n) is 11.1. The van der Waals surface area contributed by atoms with Crippen molar-refractivity contribution in [3.63, 3.8) is 0 Å². The molecule has 0 saturated carbocycles. The normalized spacial score (nSPS) is 12.0. The molecule has 0 fully saturated rings. The minimum atomic E-state index is -0.118. The number of nitrogens with zero attached hydrogens (tertiary/aromatic N) is 2. The van der Waals surface area contributed by atoms with Crippen molar-refractivity contribution >= 4 is 22.0 Å². The Labute approximate surface area is 351 Å². The van der Waals surface area contributed by atoms with Gasteiger partial charge < -0.3 is 9.52 Å². The molecule has 0 bridgehead atoms. The number of rotatable bonds is 5. The quantitative estimate of drug-likeness (QED) is 0.175. The number of hydrogen-bond acceptors (Lipinski definition) is 4. The molecule has 290 valence electrons. The third kappa shape index (κ3) is 7.61. The van der Waals surface area contributed by atoms with Crippen LogP contribution in [0.2, 0.25) is 0 Å². The Balaban J connectivity index is 0.00000496. The number of aryl methyl sites for hydroxylation is 4. The summed E-state index contributed by atoms with van der Waals surface area (Å²) in [6.45, 7) is 21.9.